The van der Waals surface area contributed by atoms with E-state index in [2.05, 4.69) is 21.0 Å². The molecule has 0 N–H and O–H groups in total. The van der Waals surface area contributed by atoms with E-state index in [0.717, 1.165) is 41.9 Å². The van der Waals surface area contributed by atoms with Gasteiger partial charge in [-0.15, -0.1) is 0 Å². The predicted octanol–water partition coefficient (Wildman–Crippen LogP) is 3.04. The van der Waals surface area contributed by atoms with E-state index in [4.69, 9.17) is 4.74 Å². The van der Waals surface area contributed by atoms with Gasteiger partial charge in [0.2, 0.25) is 0 Å². The van der Waals surface area contributed by atoms with Crippen LogP contribution >= 0.6 is 15.9 Å². The molecule has 1 aliphatic heterocycles. The van der Waals surface area contributed by atoms with E-state index in [0.29, 0.717) is 12.8 Å². The SMILES string of the molecule is CCn1nc(C)c(Br)c1CC(=O)CC1CCCCO1. The van der Waals surface area contributed by atoms with Gasteiger partial charge in [-0.1, -0.05) is 0 Å². The average Bonchev–Trinajstić information content (AvgIpc) is 2.67. The molecule has 0 bridgehead atoms. The Hall–Kier alpha value is -0.680. The maximum absolute atomic E-state index is 12.2. The smallest absolute Gasteiger partial charge is 0.141 e. The molecule has 19 heavy (non-hydrogen) atoms. The van der Waals surface area contributed by atoms with E-state index in [9.17, 15) is 4.79 Å². The molecule has 5 heteroatoms. The predicted molar refractivity (Wildman–Crippen MR) is 77.3 cm³/mol. The van der Waals surface area contributed by atoms with Crippen LogP contribution in [0.15, 0.2) is 4.47 Å². The summed E-state index contributed by atoms with van der Waals surface area (Å²) in [6.07, 6.45) is 4.40. The average molecular weight is 329 g/mol. The van der Waals surface area contributed by atoms with E-state index < -0.39 is 0 Å². The summed E-state index contributed by atoms with van der Waals surface area (Å²) in [4.78, 5) is 12.2. The van der Waals surface area contributed by atoms with Gasteiger partial charge in [-0.25, -0.2) is 0 Å². The summed E-state index contributed by atoms with van der Waals surface area (Å²) in [5.74, 6) is 0.238. The van der Waals surface area contributed by atoms with Crippen molar-refractivity contribution >= 4 is 21.7 Å². The topological polar surface area (TPSA) is 44.1 Å². The number of ketones is 1. The lowest BCUT2D eigenvalue weighted by Gasteiger charge is -2.21. The number of aromatic nitrogens is 2. The number of Topliss-reactive ketones (excluding diaryl/α,β-unsaturated/α-hetero) is 1. The fourth-order valence-corrected chi connectivity index (χ4v) is 2.94. The molecular formula is C14H21BrN2O2. The van der Waals surface area contributed by atoms with Gasteiger partial charge in [-0.05, 0) is 49.0 Å². The molecule has 1 fully saturated rings. The molecule has 2 rings (SSSR count). The van der Waals surface area contributed by atoms with E-state index in [1.54, 1.807) is 0 Å². The zero-order valence-corrected chi connectivity index (χ0v) is 13.2. The van der Waals surface area contributed by atoms with E-state index in [1.807, 2.05) is 18.5 Å². The number of rotatable bonds is 5. The van der Waals surface area contributed by atoms with Gasteiger partial charge < -0.3 is 4.74 Å². The van der Waals surface area contributed by atoms with Gasteiger partial charge in [-0.2, -0.15) is 5.10 Å². The Morgan fingerprint density at radius 3 is 2.95 bits per heavy atom. The summed E-state index contributed by atoms with van der Waals surface area (Å²) in [5, 5.41) is 4.41. The number of aryl methyl sites for hydroxylation is 2. The zero-order valence-electron chi connectivity index (χ0n) is 11.6. The second-order valence-electron chi connectivity index (χ2n) is 5.07. The van der Waals surface area contributed by atoms with Crippen LogP contribution in [-0.4, -0.2) is 28.3 Å². The number of ether oxygens (including phenoxy) is 1. The lowest BCUT2D eigenvalue weighted by atomic mass is 10.0. The van der Waals surface area contributed by atoms with Crippen LogP contribution in [0.4, 0.5) is 0 Å². The third kappa shape index (κ3) is 3.66. The molecule has 0 aromatic carbocycles. The van der Waals surface area contributed by atoms with Gasteiger partial charge in [0.05, 0.1) is 22.0 Å². The van der Waals surface area contributed by atoms with Gasteiger partial charge in [0, 0.05) is 26.0 Å². The molecule has 0 amide bonds. The van der Waals surface area contributed by atoms with Crippen molar-refractivity contribution in [1.82, 2.24) is 9.78 Å². The maximum Gasteiger partial charge on any atom is 0.141 e. The third-order valence-corrected chi connectivity index (χ3v) is 4.58. The van der Waals surface area contributed by atoms with Gasteiger partial charge in [0.25, 0.3) is 0 Å². The highest BCUT2D eigenvalue weighted by atomic mass is 79.9. The van der Waals surface area contributed by atoms with E-state index in [-0.39, 0.29) is 11.9 Å². The van der Waals surface area contributed by atoms with Crippen LogP contribution in [0.5, 0.6) is 0 Å². The Kier molecular flexibility index (Phi) is 5.16. The minimum absolute atomic E-state index is 0.124. The first kappa shape index (κ1) is 14.7. The van der Waals surface area contributed by atoms with E-state index in [1.165, 1.54) is 6.42 Å². The monoisotopic (exact) mass is 328 g/mol. The summed E-state index contributed by atoms with van der Waals surface area (Å²) in [6.45, 7) is 5.58. The van der Waals surface area contributed by atoms with E-state index >= 15 is 0 Å². The Morgan fingerprint density at radius 2 is 2.32 bits per heavy atom. The van der Waals surface area contributed by atoms with Gasteiger partial charge >= 0.3 is 0 Å². The fourth-order valence-electron chi connectivity index (χ4n) is 2.52. The summed E-state index contributed by atoms with van der Waals surface area (Å²) in [5.41, 5.74) is 1.93. The number of nitrogens with zero attached hydrogens (tertiary/aromatic N) is 2. The number of carbonyl (C=O) groups is 1. The molecule has 1 saturated heterocycles. The second kappa shape index (κ2) is 6.66. The van der Waals surface area contributed by atoms with Crippen molar-refractivity contribution in [2.24, 2.45) is 0 Å². The summed E-state index contributed by atoms with van der Waals surface area (Å²) in [7, 11) is 0. The number of halogens is 1. The van der Waals surface area contributed by atoms with Gasteiger partial charge in [0.15, 0.2) is 0 Å². The summed E-state index contributed by atoms with van der Waals surface area (Å²) < 4.78 is 8.49. The van der Waals surface area contributed by atoms with Crippen LogP contribution in [-0.2, 0) is 22.5 Å². The molecule has 2 heterocycles. The van der Waals surface area contributed by atoms with Crippen LogP contribution in [0.1, 0.15) is 44.0 Å². The minimum Gasteiger partial charge on any atom is -0.378 e. The Bertz CT molecular complexity index is 451. The number of carbonyl (C=O) groups excluding carboxylic acids is 1. The minimum atomic E-state index is 0.124. The van der Waals surface area contributed by atoms with Crippen molar-refractivity contribution in [1.29, 1.82) is 0 Å². The first-order valence-corrected chi connectivity index (χ1v) is 7.76. The van der Waals surface area contributed by atoms with Crippen LogP contribution in [0, 0.1) is 6.92 Å². The molecule has 0 radical (unpaired) electrons. The molecule has 4 nitrogen and oxygen atoms in total. The molecule has 1 aliphatic rings. The molecule has 1 unspecified atom stereocenters. The number of hydrogen-bond acceptors (Lipinski definition) is 3. The molecule has 106 valence electrons. The molecular weight excluding hydrogens is 308 g/mol. The molecule has 1 aromatic rings. The fraction of sp³-hybridized carbons (Fsp3) is 0.714. The molecule has 0 aliphatic carbocycles. The lowest BCUT2D eigenvalue weighted by molar-refractivity contribution is -0.122. The van der Waals surface area contributed by atoms with Crippen LogP contribution < -0.4 is 0 Å². The van der Waals surface area contributed by atoms with Crippen molar-refractivity contribution in [2.75, 3.05) is 6.61 Å². The molecule has 1 aromatic heterocycles. The molecule has 0 spiro atoms. The Balaban J connectivity index is 1.98. The lowest BCUT2D eigenvalue weighted by Crippen LogP contribution is -2.23. The molecule has 1 atom stereocenters. The van der Waals surface area contributed by atoms with Crippen molar-refractivity contribution < 1.29 is 9.53 Å². The highest BCUT2D eigenvalue weighted by Crippen LogP contribution is 2.23. The first-order valence-electron chi connectivity index (χ1n) is 6.97. The van der Waals surface area contributed by atoms with Gasteiger partial charge in [-0.3, -0.25) is 9.48 Å². The number of hydrogen-bond donors (Lipinski definition) is 0. The van der Waals surface area contributed by atoms with Crippen molar-refractivity contribution in [2.45, 2.75) is 58.6 Å². The molecule has 0 saturated carbocycles. The highest BCUT2D eigenvalue weighted by Gasteiger charge is 2.20. The van der Waals surface area contributed by atoms with Crippen molar-refractivity contribution in [3.05, 3.63) is 15.9 Å². The normalized spacial score (nSPS) is 19.6. The van der Waals surface area contributed by atoms with Crippen LogP contribution in [0.2, 0.25) is 0 Å². The van der Waals surface area contributed by atoms with Gasteiger partial charge in [0.1, 0.15) is 5.78 Å². The van der Waals surface area contributed by atoms with Crippen molar-refractivity contribution in [3.63, 3.8) is 0 Å². The maximum atomic E-state index is 12.2. The standard InChI is InChI=1S/C14H21BrN2O2/c1-3-17-13(14(15)10(2)16-17)9-11(18)8-12-6-4-5-7-19-12/h12H,3-9H2,1-2H3. The van der Waals surface area contributed by atoms with Crippen LogP contribution in [0.3, 0.4) is 0 Å². The summed E-state index contributed by atoms with van der Waals surface area (Å²) in [6, 6.07) is 0. The van der Waals surface area contributed by atoms with Crippen molar-refractivity contribution in [3.8, 4) is 0 Å². The Morgan fingerprint density at radius 1 is 1.53 bits per heavy atom. The zero-order chi connectivity index (χ0) is 13.8. The second-order valence-corrected chi connectivity index (χ2v) is 5.86. The highest BCUT2D eigenvalue weighted by molar-refractivity contribution is 9.10. The third-order valence-electron chi connectivity index (χ3n) is 3.55. The summed E-state index contributed by atoms with van der Waals surface area (Å²) >= 11 is 3.53. The first-order chi connectivity index (χ1) is 9.11. The largest absolute Gasteiger partial charge is 0.378 e. The van der Waals surface area contributed by atoms with Crippen LogP contribution in [0.25, 0.3) is 0 Å². The quantitative estimate of drug-likeness (QED) is 0.834. The Labute approximate surface area is 122 Å².